The van der Waals surface area contributed by atoms with Crippen LogP contribution in [-0.2, 0) is 16.8 Å². The summed E-state index contributed by atoms with van der Waals surface area (Å²) in [4.78, 5) is 13.4. The van der Waals surface area contributed by atoms with Gasteiger partial charge in [-0.05, 0) is 35.4 Å². The maximum absolute atomic E-state index is 11.4. The van der Waals surface area contributed by atoms with Crippen LogP contribution in [0, 0.1) is 5.92 Å². The zero-order valence-electron chi connectivity index (χ0n) is 12.9. The number of carboxylic acid groups (broad SMARTS) is 1. The maximum Gasteiger partial charge on any atom is 0.321 e. The van der Waals surface area contributed by atoms with Crippen molar-refractivity contribution in [3.05, 3.63) is 35.4 Å². The van der Waals surface area contributed by atoms with Gasteiger partial charge < -0.3 is 5.11 Å². The first-order chi connectivity index (χ1) is 9.29. The van der Waals surface area contributed by atoms with E-state index in [1.54, 1.807) is 0 Å². The number of hydrogen-bond acceptors (Lipinski definition) is 2. The fourth-order valence-corrected chi connectivity index (χ4v) is 2.95. The summed E-state index contributed by atoms with van der Waals surface area (Å²) in [5.41, 5.74) is 2.66. The molecule has 110 valence electrons. The summed E-state index contributed by atoms with van der Waals surface area (Å²) >= 11 is 0. The van der Waals surface area contributed by atoms with Crippen LogP contribution in [0.15, 0.2) is 24.3 Å². The van der Waals surface area contributed by atoms with E-state index < -0.39 is 5.97 Å². The van der Waals surface area contributed by atoms with E-state index >= 15 is 0 Å². The minimum absolute atomic E-state index is 0.157. The third-order valence-electron chi connectivity index (χ3n) is 4.26. The Morgan fingerprint density at radius 2 is 1.90 bits per heavy atom. The molecule has 0 spiro atoms. The van der Waals surface area contributed by atoms with Crippen LogP contribution >= 0.6 is 0 Å². The normalized spacial score (nSPS) is 24.0. The average molecular weight is 275 g/mol. The van der Waals surface area contributed by atoms with Crippen molar-refractivity contribution in [1.82, 2.24) is 4.90 Å². The van der Waals surface area contributed by atoms with Gasteiger partial charge in [0.05, 0.1) is 0 Å². The fourth-order valence-electron chi connectivity index (χ4n) is 2.95. The van der Waals surface area contributed by atoms with Crippen molar-refractivity contribution in [2.24, 2.45) is 5.92 Å². The molecule has 3 heteroatoms. The highest BCUT2D eigenvalue weighted by Gasteiger charge is 2.36. The van der Waals surface area contributed by atoms with Crippen LogP contribution in [0.4, 0.5) is 0 Å². The van der Waals surface area contributed by atoms with Gasteiger partial charge in [0.2, 0.25) is 0 Å². The second kappa shape index (κ2) is 5.57. The van der Waals surface area contributed by atoms with Gasteiger partial charge in [-0.1, -0.05) is 52.0 Å². The quantitative estimate of drug-likeness (QED) is 0.920. The van der Waals surface area contributed by atoms with Gasteiger partial charge in [-0.15, -0.1) is 0 Å². The lowest BCUT2D eigenvalue weighted by molar-refractivity contribution is -0.143. The topological polar surface area (TPSA) is 40.5 Å². The molecule has 1 aromatic carbocycles. The van der Waals surface area contributed by atoms with E-state index in [2.05, 4.69) is 49.9 Å². The van der Waals surface area contributed by atoms with Crippen molar-refractivity contribution in [3.8, 4) is 0 Å². The molecule has 20 heavy (non-hydrogen) atoms. The molecule has 1 aromatic rings. The Hall–Kier alpha value is -1.35. The van der Waals surface area contributed by atoms with E-state index in [0.29, 0.717) is 0 Å². The Morgan fingerprint density at radius 3 is 2.40 bits per heavy atom. The van der Waals surface area contributed by atoms with Crippen LogP contribution in [0.3, 0.4) is 0 Å². The Kier molecular flexibility index (Phi) is 4.19. The molecule has 1 fully saturated rings. The zero-order valence-corrected chi connectivity index (χ0v) is 12.9. The van der Waals surface area contributed by atoms with Gasteiger partial charge in [0, 0.05) is 6.54 Å². The second-order valence-corrected chi connectivity index (χ2v) is 6.97. The Labute approximate surface area is 121 Å². The minimum Gasteiger partial charge on any atom is -0.480 e. The number of carboxylic acids is 1. The maximum atomic E-state index is 11.4. The standard InChI is InChI=1S/C17H25NO2/c1-12-9-10-18(15(12)16(19)20)11-13-5-7-14(8-6-13)17(2,3)4/h5-8,12,15H,9-11H2,1-4H3,(H,19,20). The number of rotatable bonds is 3. The lowest BCUT2D eigenvalue weighted by Gasteiger charge is -2.24. The van der Waals surface area contributed by atoms with Crippen LogP contribution in [0.5, 0.6) is 0 Å². The molecule has 1 saturated heterocycles. The molecule has 0 amide bonds. The Balaban J connectivity index is 2.09. The lowest BCUT2D eigenvalue weighted by atomic mass is 9.87. The summed E-state index contributed by atoms with van der Waals surface area (Å²) < 4.78 is 0. The second-order valence-electron chi connectivity index (χ2n) is 6.97. The summed E-state index contributed by atoms with van der Waals surface area (Å²) in [5, 5.41) is 9.34. The van der Waals surface area contributed by atoms with Crippen LogP contribution in [0.2, 0.25) is 0 Å². The molecule has 0 aromatic heterocycles. The SMILES string of the molecule is CC1CCN(Cc2ccc(C(C)(C)C)cc2)C1C(=O)O. The zero-order chi connectivity index (χ0) is 14.9. The minimum atomic E-state index is -0.693. The summed E-state index contributed by atoms with van der Waals surface area (Å²) in [6.07, 6.45) is 0.969. The molecule has 1 aliphatic heterocycles. The fraction of sp³-hybridized carbons (Fsp3) is 0.588. The number of aliphatic carboxylic acids is 1. The van der Waals surface area contributed by atoms with Crippen molar-refractivity contribution < 1.29 is 9.90 Å². The van der Waals surface area contributed by atoms with Gasteiger partial charge in [-0.3, -0.25) is 9.69 Å². The summed E-state index contributed by atoms with van der Waals surface area (Å²) in [5.74, 6) is -0.456. The van der Waals surface area contributed by atoms with E-state index in [1.165, 1.54) is 11.1 Å². The van der Waals surface area contributed by atoms with E-state index in [0.717, 1.165) is 19.5 Å². The molecule has 2 unspecified atom stereocenters. The van der Waals surface area contributed by atoms with Gasteiger partial charge >= 0.3 is 5.97 Å². The molecule has 0 radical (unpaired) electrons. The molecule has 1 N–H and O–H groups in total. The first kappa shape index (κ1) is 15.0. The van der Waals surface area contributed by atoms with Crippen LogP contribution < -0.4 is 0 Å². The molecule has 2 atom stereocenters. The number of nitrogens with zero attached hydrogens (tertiary/aromatic N) is 1. The van der Waals surface area contributed by atoms with Crippen LogP contribution in [0.1, 0.15) is 45.2 Å². The predicted octanol–water partition coefficient (Wildman–Crippen LogP) is 3.28. The third-order valence-corrected chi connectivity index (χ3v) is 4.26. The Bertz CT molecular complexity index is 473. The van der Waals surface area contributed by atoms with E-state index in [1.807, 2.05) is 6.92 Å². The van der Waals surface area contributed by atoms with E-state index in [4.69, 9.17) is 0 Å². The molecule has 0 saturated carbocycles. The van der Waals surface area contributed by atoms with Gasteiger partial charge in [-0.2, -0.15) is 0 Å². The molecule has 0 aliphatic carbocycles. The Morgan fingerprint density at radius 1 is 1.30 bits per heavy atom. The first-order valence-electron chi connectivity index (χ1n) is 7.35. The summed E-state index contributed by atoms with van der Waals surface area (Å²) in [6, 6.07) is 8.23. The molecule has 1 heterocycles. The summed E-state index contributed by atoms with van der Waals surface area (Å²) in [7, 11) is 0. The van der Waals surface area contributed by atoms with Gasteiger partial charge in [0.1, 0.15) is 6.04 Å². The van der Waals surface area contributed by atoms with Crippen LogP contribution in [-0.4, -0.2) is 28.6 Å². The van der Waals surface area contributed by atoms with Gasteiger partial charge in [-0.25, -0.2) is 0 Å². The smallest absolute Gasteiger partial charge is 0.321 e. The van der Waals surface area contributed by atoms with Gasteiger partial charge in [0.15, 0.2) is 0 Å². The van der Waals surface area contributed by atoms with Crippen molar-refractivity contribution in [3.63, 3.8) is 0 Å². The van der Waals surface area contributed by atoms with E-state index in [9.17, 15) is 9.90 Å². The monoisotopic (exact) mass is 275 g/mol. The summed E-state index contributed by atoms with van der Waals surface area (Å²) in [6.45, 7) is 10.2. The highest BCUT2D eigenvalue weighted by Crippen LogP contribution is 2.27. The molecule has 1 aliphatic rings. The van der Waals surface area contributed by atoms with Crippen molar-refractivity contribution >= 4 is 5.97 Å². The highest BCUT2D eigenvalue weighted by atomic mass is 16.4. The molecule has 2 rings (SSSR count). The number of benzene rings is 1. The predicted molar refractivity (Wildman–Crippen MR) is 80.8 cm³/mol. The van der Waals surface area contributed by atoms with Crippen molar-refractivity contribution in [2.75, 3.05) is 6.54 Å². The molecule has 0 bridgehead atoms. The van der Waals surface area contributed by atoms with Crippen LogP contribution in [0.25, 0.3) is 0 Å². The molecule has 3 nitrogen and oxygen atoms in total. The molecular formula is C17H25NO2. The number of carbonyl (C=O) groups is 1. The van der Waals surface area contributed by atoms with Gasteiger partial charge in [0.25, 0.3) is 0 Å². The first-order valence-corrected chi connectivity index (χ1v) is 7.35. The van der Waals surface area contributed by atoms with Crippen molar-refractivity contribution in [1.29, 1.82) is 0 Å². The lowest BCUT2D eigenvalue weighted by Crippen LogP contribution is -2.38. The average Bonchev–Trinajstić information content (AvgIpc) is 2.70. The largest absolute Gasteiger partial charge is 0.480 e. The highest BCUT2D eigenvalue weighted by molar-refractivity contribution is 5.74. The third kappa shape index (κ3) is 3.21. The number of likely N-dealkylation sites (tertiary alicyclic amines) is 1. The van der Waals surface area contributed by atoms with E-state index in [-0.39, 0.29) is 17.4 Å². The molecular weight excluding hydrogens is 250 g/mol. The number of hydrogen-bond donors (Lipinski definition) is 1. The van der Waals surface area contributed by atoms with Crippen molar-refractivity contribution in [2.45, 2.75) is 52.1 Å².